The van der Waals surface area contributed by atoms with Gasteiger partial charge in [-0.15, -0.1) is 5.53 Å². The number of pyridine rings is 1. The summed E-state index contributed by atoms with van der Waals surface area (Å²) in [6, 6.07) is 28.9. The summed E-state index contributed by atoms with van der Waals surface area (Å²) in [6.45, 7) is 9.08. The van der Waals surface area contributed by atoms with Crippen LogP contribution in [-0.2, 0) is 46.7 Å². The lowest BCUT2D eigenvalue weighted by Gasteiger charge is -2.32. The van der Waals surface area contributed by atoms with Gasteiger partial charge in [0.1, 0.15) is 18.7 Å². The number of anilines is 4. The number of aliphatic hydroxyl groups is 1. The number of nitrogens with zero attached hydrogens (tertiary/aromatic N) is 6. The SMILES string of the molecule is COc1ccc(C2=CN3C(=O)c4cc(OC)c(OCCCOc5cc6c(cc5OC)C(=O)N5CC7(CC7)C[C@H]5C(O)N6C(=O)OCc5ccc(NC(=O)[C@H](C)NC(=O)[C@@H](NC(=O)CNC(=O)CNC(=O)CCC(=O)N6Cc7ccccc7C7=C(c8ccccc86)N(C(C)C)NN7)C(C)C)cc5)cc4NC[C@@H]3C2)cn1. The first kappa shape index (κ1) is 75.3. The van der Waals surface area contributed by atoms with Crippen LogP contribution in [0.3, 0.4) is 0 Å². The summed E-state index contributed by atoms with van der Waals surface area (Å²) in [4.78, 5) is 134. The van der Waals surface area contributed by atoms with Crippen molar-refractivity contribution >= 4 is 93.1 Å². The third-order valence-electron chi connectivity index (χ3n) is 20.6. The molecule has 6 aromatic rings. The predicted molar refractivity (Wildman–Crippen MR) is 402 cm³/mol. The molecule has 5 atom stereocenters. The predicted octanol–water partition coefficient (Wildman–Crippen LogP) is 6.81. The fourth-order valence-electron chi connectivity index (χ4n) is 14.5. The zero-order chi connectivity index (χ0) is 76.9. The number of methoxy groups -OCH3 is 3. The molecule has 572 valence electrons. The lowest BCUT2D eigenvalue weighted by atomic mass is 9.95. The molecule has 1 saturated carbocycles. The molecule has 5 aromatic carbocycles. The van der Waals surface area contributed by atoms with Crippen molar-refractivity contribution in [2.24, 2.45) is 11.3 Å². The summed E-state index contributed by atoms with van der Waals surface area (Å²) in [5.74, 6) is -2.85. The Bertz CT molecular complexity index is 4600. The number of nitrogens with one attached hydrogen (secondary N) is 8. The number of fused-ring (bicyclic) bond motifs is 8. The van der Waals surface area contributed by atoms with E-state index < -0.39 is 79.0 Å². The molecule has 109 heavy (non-hydrogen) atoms. The molecule has 1 aromatic heterocycles. The van der Waals surface area contributed by atoms with Crippen molar-refractivity contribution in [3.8, 4) is 28.9 Å². The Balaban J connectivity index is 0.568. The van der Waals surface area contributed by atoms with Crippen molar-refractivity contribution in [2.75, 3.05) is 81.2 Å². The highest BCUT2D eigenvalue weighted by molar-refractivity contribution is 6.07. The van der Waals surface area contributed by atoms with Gasteiger partial charge in [-0.25, -0.2) is 14.7 Å². The first-order valence-corrected chi connectivity index (χ1v) is 36.5. The van der Waals surface area contributed by atoms with Gasteiger partial charge in [0.15, 0.2) is 29.2 Å². The largest absolute Gasteiger partial charge is 0.493 e. The van der Waals surface area contributed by atoms with Crippen molar-refractivity contribution in [3.05, 3.63) is 161 Å². The highest BCUT2D eigenvalue weighted by Crippen LogP contribution is 2.57. The summed E-state index contributed by atoms with van der Waals surface area (Å²) in [5, 5.41) is 30.6. The average molecular weight is 1490 g/mol. The molecule has 2 fully saturated rings. The van der Waals surface area contributed by atoms with Crippen LogP contribution in [0, 0.1) is 11.3 Å². The van der Waals surface area contributed by atoms with Crippen molar-refractivity contribution in [2.45, 2.75) is 129 Å². The van der Waals surface area contributed by atoms with E-state index in [0.29, 0.717) is 77.9 Å². The van der Waals surface area contributed by atoms with E-state index in [9.17, 15) is 48.3 Å². The quantitative estimate of drug-likeness (QED) is 0.0252. The minimum absolute atomic E-state index is 0.0538. The van der Waals surface area contributed by atoms with E-state index in [4.69, 9.17) is 28.4 Å². The van der Waals surface area contributed by atoms with Crippen molar-refractivity contribution < 1.29 is 76.7 Å². The number of carbonyl (C=O) groups excluding carboxylic acids is 9. The minimum Gasteiger partial charge on any atom is -0.493 e. The summed E-state index contributed by atoms with van der Waals surface area (Å²) in [7, 11) is 4.49. The van der Waals surface area contributed by atoms with E-state index in [1.165, 1.54) is 33.3 Å². The van der Waals surface area contributed by atoms with Gasteiger partial charge in [-0.2, -0.15) is 0 Å². The molecule has 0 bridgehead atoms. The van der Waals surface area contributed by atoms with Gasteiger partial charge in [0, 0.05) is 85.8 Å². The maximum Gasteiger partial charge on any atom is 0.416 e. The van der Waals surface area contributed by atoms with E-state index >= 15 is 0 Å². The Morgan fingerprint density at radius 2 is 1.40 bits per heavy atom. The molecule has 9 amide bonds. The van der Waals surface area contributed by atoms with Gasteiger partial charge >= 0.3 is 6.09 Å². The van der Waals surface area contributed by atoms with E-state index in [1.807, 2.05) is 65.8 Å². The van der Waals surface area contributed by atoms with Crippen LogP contribution in [0.2, 0.25) is 0 Å². The molecule has 0 radical (unpaired) electrons. The molecule has 6 aliphatic heterocycles. The van der Waals surface area contributed by atoms with E-state index in [0.717, 1.165) is 57.0 Å². The fraction of sp³-hybridized carbons (Fsp3) is 0.392. The van der Waals surface area contributed by atoms with E-state index in [-0.39, 0.29) is 97.2 Å². The average Bonchev–Trinajstić information content (AvgIpc) is 1.58. The number of rotatable bonds is 26. The highest BCUT2D eigenvalue weighted by Gasteiger charge is 2.58. The number of ether oxygens (including phenoxy) is 6. The van der Waals surface area contributed by atoms with Crippen molar-refractivity contribution in [3.63, 3.8) is 0 Å². The minimum atomic E-state index is -1.50. The normalized spacial score (nSPS) is 18.2. The maximum atomic E-state index is 14.5. The molecule has 7 aliphatic rings. The molecule has 7 heterocycles. The summed E-state index contributed by atoms with van der Waals surface area (Å²) < 4.78 is 35.1. The van der Waals surface area contributed by atoms with Crippen LogP contribution >= 0.6 is 0 Å². The van der Waals surface area contributed by atoms with Gasteiger partial charge in [0.25, 0.3) is 11.8 Å². The molecule has 30 heteroatoms. The number of hydrogen-bond donors (Lipinski definition) is 9. The molecular weight excluding hydrogens is 1400 g/mol. The zero-order valence-electron chi connectivity index (χ0n) is 61.9. The lowest BCUT2D eigenvalue weighted by molar-refractivity contribution is -0.132. The molecule has 1 saturated heterocycles. The molecular formula is C79H90N14O16. The molecule has 9 N–H and O–H groups in total. The number of hydrogen-bond acceptors (Lipinski definition) is 21. The summed E-state index contributed by atoms with van der Waals surface area (Å²) in [6.07, 6.45) is 4.01. The van der Waals surface area contributed by atoms with Crippen LogP contribution in [0.5, 0.6) is 28.9 Å². The Kier molecular flexibility index (Phi) is 22.3. The van der Waals surface area contributed by atoms with E-state index in [2.05, 4.69) is 61.7 Å². The second kappa shape index (κ2) is 32.3. The van der Waals surface area contributed by atoms with Crippen LogP contribution in [0.15, 0.2) is 122 Å². The second-order valence-electron chi connectivity index (χ2n) is 28.7. The van der Waals surface area contributed by atoms with Gasteiger partial charge < -0.3 is 85.6 Å². The van der Waals surface area contributed by atoms with Gasteiger partial charge in [-0.1, -0.05) is 68.4 Å². The van der Waals surface area contributed by atoms with Crippen LogP contribution < -0.4 is 76.3 Å². The number of amides is 9. The van der Waals surface area contributed by atoms with Crippen molar-refractivity contribution in [1.29, 1.82) is 0 Å². The highest BCUT2D eigenvalue weighted by atomic mass is 16.6. The Labute approximate surface area is 630 Å². The molecule has 30 nitrogen and oxygen atoms in total. The number of benzene rings is 5. The Morgan fingerprint density at radius 3 is 2.10 bits per heavy atom. The second-order valence-corrected chi connectivity index (χ2v) is 28.7. The number of carbonyl (C=O) groups is 9. The van der Waals surface area contributed by atoms with Crippen LogP contribution in [0.1, 0.15) is 128 Å². The standard InChI is InChI=1S/C79H90N14O16/c1-44(2)70(86-67(96)39-82-66(95)38-81-65(94)23-25-69(97)90-40-49-14-9-10-15-53(49)71-72(93(45(3)4)88-87-71)54-16-11-12-17-58(54)90)74(99)84-46(5)73(98)85-51-21-18-47(19-22-51)42-109-78(103)92-59-34-64(62(105-7)32-56(59)76(101)91-43-79(26-27-79)35-60(91)77(92)102)108-29-13-28-107-63-33-57-55(31-61(63)104-6)75(100)89-41-50(30-52(89)37-80-57)48-20-24-68(106-8)83-36-48/h9-12,14-22,24,31-34,36,41,44-46,52,60,70,77,80,87-88,102H,13,23,25-30,35,37-40,42-43H2,1-8H3,(H,81,94)(H,82,95)(H,84,99)(H,85,98)(H,86,96)/t46-,52-,60-,70-,77?/m0/s1. The van der Waals surface area contributed by atoms with Gasteiger partial charge in [0.05, 0.1) is 106 Å². The first-order valence-electron chi connectivity index (χ1n) is 36.5. The summed E-state index contributed by atoms with van der Waals surface area (Å²) >= 11 is 0. The van der Waals surface area contributed by atoms with Crippen LogP contribution in [0.25, 0.3) is 17.0 Å². The van der Waals surface area contributed by atoms with Gasteiger partial charge in [-0.3, -0.25) is 43.4 Å². The number of para-hydroxylation sites is 1. The van der Waals surface area contributed by atoms with Crippen LogP contribution in [-0.4, -0.2) is 175 Å². The lowest BCUT2D eigenvalue weighted by Crippen LogP contribution is -2.55. The smallest absolute Gasteiger partial charge is 0.416 e. The van der Waals surface area contributed by atoms with Gasteiger partial charge in [-0.05, 0) is 116 Å². The monoisotopic (exact) mass is 1490 g/mol. The number of aromatic nitrogens is 1. The Morgan fingerprint density at radius 1 is 0.706 bits per heavy atom. The third kappa shape index (κ3) is 16.2. The van der Waals surface area contributed by atoms with E-state index in [1.54, 1.807) is 84.3 Å². The zero-order valence-corrected chi connectivity index (χ0v) is 61.9. The molecule has 13 rings (SSSR count). The van der Waals surface area contributed by atoms with Crippen molar-refractivity contribution in [1.82, 2.24) is 52.0 Å². The fourth-order valence-corrected chi connectivity index (χ4v) is 14.5. The van der Waals surface area contributed by atoms with Gasteiger partial charge in [0.2, 0.25) is 41.3 Å². The first-order chi connectivity index (χ1) is 52.5. The maximum absolute atomic E-state index is 14.5. The molecule has 1 aliphatic carbocycles. The number of hydrazine groups is 2. The number of aliphatic hydroxyl groups excluding tert-OH is 1. The van der Waals surface area contributed by atoms with Crippen LogP contribution in [0.4, 0.5) is 27.5 Å². The Hall–Kier alpha value is -11.9. The topological polar surface area (TPSA) is 355 Å². The third-order valence-corrected chi connectivity index (χ3v) is 20.6. The molecule has 1 unspecified atom stereocenters. The summed E-state index contributed by atoms with van der Waals surface area (Å²) in [5.41, 5.74) is 15.5. The molecule has 1 spiro atoms.